The third-order valence-electron chi connectivity index (χ3n) is 4.81. The summed E-state index contributed by atoms with van der Waals surface area (Å²) in [4.78, 5) is 0. The van der Waals surface area contributed by atoms with Crippen molar-refractivity contribution in [3.63, 3.8) is 0 Å². The van der Waals surface area contributed by atoms with E-state index in [-0.39, 0.29) is 0 Å². The fourth-order valence-electron chi connectivity index (χ4n) is 3.08. The smallest absolute Gasteiger partial charge is 0.0884 e. The lowest BCUT2D eigenvalue weighted by molar-refractivity contribution is 0.291. The van der Waals surface area contributed by atoms with Gasteiger partial charge < -0.3 is 4.74 Å². The summed E-state index contributed by atoms with van der Waals surface area (Å²) in [5.74, 6) is 1.06. The molecule has 0 aliphatic carbocycles. The van der Waals surface area contributed by atoms with E-state index in [1.54, 1.807) is 7.11 Å². The molecule has 1 heteroatoms. The molecule has 0 saturated carbocycles. The highest BCUT2D eigenvalue weighted by Crippen LogP contribution is 2.14. The molecule has 0 amide bonds. The summed E-state index contributed by atoms with van der Waals surface area (Å²) < 4.78 is 5.14. The van der Waals surface area contributed by atoms with Crippen molar-refractivity contribution in [3.8, 4) is 0 Å². The van der Waals surface area contributed by atoms with Crippen LogP contribution >= 0.6 is 0 Å². The number of methoxy groups -OCH3 is 1. The molecule has 1 nitrogen and oxygen atoms in total. The van der Waals surface area contributed by atoms with Crippen LogP contribution in [0.4, 0.5) is 0 Å². The van der Waals surface area contributed by atoms with Crippen LogP contribution in [-0.4, -0.2) is 7.11 Å². The number of hydrogen-bond donors (Lipinski definition) is 0. The molecule has 0 heterocycles. The number of allylic oxidation sites excluding steroid dienone is 2. The summed E-state index contributed by atoms with van der Waals surface area (Å²) in [5, 5.41) is 0. The van der Waals surface area contributed by atoms with Gasteiger partial charge in [0.25, 0.3) is 0 Å². The van der Waals surface area contributed by atoms with Crippen LogP contribution in [0, 0.1) is 0 Å². The maximum Gasteiger partial charge on any atom is 0.0884 e. The molecule has 0 aliphatic rings. The van der Waals surface area contributed by atoms with Crippen LogP contribution in [0.1, 0.15) is 123 Å². The van der Waals surface area contributed by atoms with Crippen LogP contribution in [0.25, 0.3) is 0 Å². The van der Waals surface area contributed by atoms with Crippen LogP contribution in [-0.2, 0) is 4.74 Å². The van der Waals surface area contributed by atoms with E-state index < -0.39 is 0 Å². The van der Waals surface area contributed by atoms with Crippen molar-refractivity contribution in [2.45, 2.75) is 123 Å². The van der Waals surface area contributed by atoms with E-state index >= 15 is 0 Å². The van der Waals surface area contributed by atoms with Crippen molar-refractivity contribution >= 4 is 0 Å². The normalized spacial score (nSPS) is 11.9. The second kappa shape index (κ2) is 19.6. The molecule has 0 aromatic rings. The summed E-state index contributed by atoms with van der Waals surface area (Å²) in [6, 6.07) is 0. The summed E-state index contributed by atoms with van der Waals surface area (Å²) >= 11 is 0. The van der Waals surface area contributed by atoms with Gasteiger partial charge in [0.05, 0.1) is 12.9 Å². The van der Waals surface area contributed by atoms with Gasteiger partial charge in [0.2, 0.25) is 0 Å². The lowest BCUT2D eigenvalue weighted by Crippen LogP contribution is -1.84. The van der Waals surface area contributed by atoms with E-state index in [1.807, 2.05) is 6.92 Å². The third-order valence-corrected chi connectivity index (χ3v) is 4.81. The van der Waals surface area contributed by atoms with Gasteiger partial charge in [-0.2, -0.15) is 0 Å². The molecule has 0 radical (unpaired) electrons. The van der Waals surface area contributed by atoms with Crippen molar-refractivity contribution < 1.29 is 4.74 Å². The Balaban J connectivity index is 3.03. The average Bonchev–Trinajstić information content (AvgIpc) is 2.57. The molecule has 0 unspecified atom stereocenters. The molecule has 0 bridgehead atoms. The first-order valence-corrected chi connectivity index (χ1v) is 10.5. The maximum absolute atomic E-state index is 5.14. The lowest BCUT2D eigenvalue weighted by atomic mass is 10.0. The molecule has 0 aromatic carbocycles. The first kappa shape index (κ1) is 22.5. The van der Waals surface area contributed by atoms with Gasteiger partial charge in [0.15, 0.2) is 0 Å². The minimum Gasteiger partial charge on any atom is -0.502 e. The molecule has 0 saturated heterocycles. The van der Waals surface area contributed by atoms with Crippen LogP contribution in [0.3, 0.4) is 0 Å². The molecule has 138 valence electrons. The van der Waals surface area contributed by atoms with Crippen molar-refractivity contribution in [3.05, 3.63) is 11.8 Å². The monoisotopic (exact) mass is 324 g/mol. The minimum atomic E-state index is 1.06. The first-order chi connectivity index (χ1) is 11.3. The molecular weight excluding hydrogens is 280 g/mol. The molecule has 0 aliphatic heterocycles. The quantitative estimate of drug-likeness (QED) is 0.182. The van der Waals surface area contributed by atoms with Gasteiger partial charge in [-0.1, -0.05) is 103 Å². The van der Waals surface area contributed by atoms with E-state index in [1.165, 1.54) is 109 Å². The van der Waals surface area contributed by atoms with Crippen molar-refractivity contribution in [2.24, 2.45) is 0 Å². The third kappa shape index (κ3) is 19.5. The van der Waals surface area contributed by atoms with E-state index in [9.17, 15) is 0 Å². The van der Waals surface area contributed by atoms with E-state index in [0.29, 0.717) is 0 Å². The van der Waals surface area contributed by atoms with Gasteiger partial charge in [0.1, 0.15) is 0 Å². The van der Waals surface area contributed by atoms with Crippen LogP contribution in [0.5, 0.6) is 0 Å². The Bertz CT molecular complexity index is 244. The molecule has 0 rings (SSSR count). The van der Waals surface area contributed by atoms with Crippen molar-refractivity contribution in [1.29, 1.82) is 0 Å². The lowest BCUT2D eigenvalue weighted by Gasteiger charge is -2.03. The number of unbranched alkanes of at least 4 members (excludes halogenated alkanes) is 16. The van der Waals surface area contributed by atoms with Crippen molar-refractivity contribution in [2.75, 3.05) is 7.11 Å². The van der Waals surface area contributed by atoms with Gasteiger partial charge in [-0.15, -0.1) is 0 Å². The highest BCUT2D eigenvalue weighted by molar-refractivity contribution is 4.87. The number of ether oxygens (including phenoxy) is 1. The Morgan fingerprint density at radius 2 is 0.957 bits per heavy atom. The molecule has 23 heavy (non-hydrogen) atoms. The van der Waals surface area contributed by atoms with E-state index in [4.69, 9.17) is 4.74 Å². The van der Waals surface area contributed by atoms with E-state index in [0.717, 1.165) is 5.76 Å². The highest BCUT2D eigenvalue weighted by Gasteiger charge is 1.94. The second-order valence-electron chi connectivity index (χ2n) is 7.11. The number of rotatable bonds is 18. The van der Waals surface area contributed by atoms with Crippen LogP contribution < -0.4 is 0 Å². The molecule has 0 spiro atoms. The van der Waals surface area contributed by atoms with Gasteiger partial charge in [0, 0.05) is 0 Å². The fourth-order valence-corrected chi connectivity index (χ4v) is 3.08. The molecule has 0 fully saturated rings. The molecule has 0 N–H and O–H groups in total. The summed E-state index contributed by atoms with van der Waals surface area (Å²) in [6.07, 6.45) is 26.4. The van der Waals surface area contributed by atoms with E-state index in [2.05, 4.69) is 13.0 Å². The SMILES string of the molecule is CCCCCCCCCCCCCCCCCCC=C(C)OC. The van der Waals surface area contributed by atoms with Gasteiger partial charge in [-0.3, -0.25) is 0 Å². The Morgan fingerprint density at radius 1 is 0.609 bits per heavy atom. The molecule has 0 aromatic heterocycles. The Hall–Kier alpha value is -0.460. The topological polar surface area (TPSA) is 9.23 Å². The summed E-state index contributed by atoms with van der Waals surface area (Å²) in [6.45, 7) is 4.33. The Labute approximate surface area is 147 Å². The number of hydrogen-bond acceptors (Lipinski definition) is 1. The van der Waals surface area contributed by atoms with Crippen LogP contribution in [0.2, 0.25) is 0 Å². The first-order valence-electron chi connectivity index (χ1n) is 10.5. The van der Waals surface area contributed by atoms with Gasteiger partial charge >= 0.3 is 0 Å². The average molecular weight is 325 g/mol. The summed E-state index contributed by atoms with van der Waals surface area (Å²) in [5.41, 5.74) is 0. The molecule has 0 atom stereocenters. The highest BCUT2D eigenvalue weighted by atomic mass is 16.5. The summed E-state index contributed by atoms with van der Waals surface area (Å²) in [7, 11) is 1.75. The van der Waals surface area contributed by atoms with Crippen molar-refractivity contribution in [1.82, 2.24) is 0 Å². The fraction of sp³-hybridized carbons (Fsp3) is 0.909. The zero-order valence-electron chi connectivity index (χ0n) is 16.5. The Morgan fingerprint density at radius 3 is 1.30 bits per heavy atom. The molecular formula is C22H44O. The standard InChI is InChI=1S/C22H44O/c1-4-5-6-7-8-9-10-11-12-13-14-15-16-17-18-19-20-21-22(2)23-3/h21H,4-20H2,1-3H3. The van der Waals surface area contributed by atoms with Gasteiger partial charge in [-0.25, -0.2) is 0 Å². The second-order valence-corrected chi connectivity index (χ2v) is 7.11. The Kier molecular flexibility index (Phi) is 19.2. The predicted octanol–water partition coefficient (Wildman–Crippen LogP) is 8.19. The largest absolute Gasteiger partial charge is 0.502 e. The minimum absolute atomic E-state index is 1.06. The van der Waals surface area contributed by atoms with Gasteiger partial charge in [-0.05, 0) is 25.8 Å². The maximum atomic E-state index is 5.14. The zero-order valence-corrected chi connectivity index (χ0v) is 16.5. The van der Waals surface area contributed by atoms with Crippen LogP contribution in [0.15, 0.2) is 11.8 Å². The zero-order chi connectivity index (χ0) is 17.0. The predicted molar refractivity (Wildman–Crippen MR) is 105 cm³/mol.